The van der Waals surface area contributed by atoms with Crippen LogP contribution >= 0.6 is 0 Å². The molecule has 0 bridgehead atoms. The Morgan fingerprint density at radius 2 is 1.21 bits per heavy atom. The zero-order valence-corrected chi connectivity index (χ0v) is 19.8. The molecular formula is C24H53N2O2+. The molecule has 0 spiro atoms. The summed E-state index contributed by atoms with van der Waals surface area (Å²) < 4.78 is 1.02. The summed E-state index contributed by atoms with van der Waals surface area (Å²) >= 11 is 0. The average Bonchev–Trinajstić information content (AvgIpc) is 2.64. The molecule has 0 aliphatic heterocycles. The van der Waals surface area contributed by atoms with E-state index in [4.69, 9.17) is 4.84 Å². The Morgan fingerprint density at radius 3 is 1.75 bits per heavy atom. The summed E-state index contributed by atoms with van der Waals surface area (Å²) in [4.78, 5) is 5.50. The van der Waals surface area contributed by atoms with Crippen LogP contribution in [0, 0.1) is 0 Å². The molecule has 0 radical (unpaired) electrons. The van der Waals surface area contributed by atoms with Crippen molar-refractivity contribution < 1.29 is 14.4 Å². The van der Waals surface area contributed by atoms with Gasteiger partial charge in [0.25, 0.3) is 0 Å². The second kappa shape index (κ2) is 20.1. The van der Waals surface area contributed by atoms with E-state index < -0.39 is 0 Å². The van der Waals surface area contributed by atoms with Crippen molar-refractivity contribution in [2.75, 3.05) is 40.8 Å². The second-order valence-corrected chi connectivity index (χ2v) is 9.58. The predicted octanol–water partition coefficient (Wildman–Crippen LogP) is 5.84. The van der Waals surface area contributed by atoms with Crippen molar-refractivity contribution in [3.63, 3.8) is 0 Å². The first-order valence-corrected chi connectivity index (χ1v) is 12.3. The predicted molar refractivity (Wildman–Crippen MR) is 122 cm³/mol. The van der Waals surface area contributed by atoms with E-state index in [1.165, 1.54) is 90.0 Å². The highest BCUT2D eigenvalue weighted by Crippen LogP contribution is 2.14. The quantitative estimate of drug-likeness (QED) is 0.136. The van der Waals surface area contributed by atoms with Crippen molar-refractivity contribution >= 4 is 0 Å². The average molecular weight is 402 g/mol. The highest BCUT2D eigenvalue weighted by atomic mass is 16.6. The molecule has 4 nitrogen and oxygen atoms in total. The Morgan fingerprint density at radius 1 is 0.714 bits per heavy atom. The van der Waals surface area contributed by atoms with Gasteiger partial charge >= 0.3 is 0 Å². The summed E-state index contributed by atoms with van der Waals surface area (Å²) in [7, 11) is 6.67. The molecule has 0 rings (SSSR count). The number of aliphatic hydroxyl groups excluding tert-OH is 1. The van der Waals surface area contributed by atoms with Gasteiger partial charge in [0.15, 0.2) is 0 Å². The molecule has 4 heteroatoms. The summed E-state index contributed by atoms with van der Waals surface area (Å²) in [5, 5.41) is 9.97. The van der Waals surface area contributed by atoms with Gasteiger partial charge in [0, 0.05) is 13.0 Å². The van der Waals surface area contributed by atoms with E-state index in [1.54, 1.807) is 0 Å². The Labute approximate surface area is 177 Å². The van der Waals surface area contributed by atoms with Crippen molar-refractivity contribution in [1.29, 1.82) is 0 Å². The third-order valence-corrected chi connectivity index (χ3v) is 5.38. The van der Waals surface area contributed by atoms with Gasteiger partial charge in [0.2, 0.25) is 0 Å². The lowest BCUT2D eigenvalue weighted by Gasteiger charge is -2.23. The topological polar surface area (TPSA) is 41.5 Å². The van der Waals surface area contributed by atoms with E-state index >= 15 is 0 Å². The minimum Gasteiger partial charge on any atom is -0.393 e. The lowest BCUT2D eigenvalue weighted by atomic mass is 10.0. The Balaban J connectivity index is 3.12. The van der Waals surface area contributed by atoms with Gasteiger partial charge in [0.1, 0.15) is 0 Å². The molecule has 0 aromatic carbocycles. The molecule has 0 saturated heterocycles. The van der Waals surface area contributed by atoms with Gasteiger partial charge in [0.05, 0.1) is 40.4 Å². The van der Waals surface area contributed by atoms with Gasteiger partial charge in [-0.3, -0.25) is 0 Å². The molecule has 0 saturated carbocycles. The molecule has 170 valence electrons. The van der Waals surface area contributed by atoms with Crippen molar-refractivity contribution in [3.8, 4) is 0 Å². The van der Waals surface area contributed by atoms with Gasteiger partial charge in [-0.25, -0.2) is 5.48 Å². The maximum atomic E-state index is 9.97. The van der Waals surface area contributed by atoms with Crippen LogP contribution in [-0.4, -0.2) is 56.5 Å². The Kier molecular flexibility index (Phi) is 20.0. The van der Waals surface area contributed by atoms with E-state index in [9.17, 15) is 5.11 Å². The van der Waals surface area contributed by atoms with E-state index in [-0.39, 0.29) is 6.10 Å². The van der Waals surface area contributed by atoms with Gasteiger partial charge in [-0.05, 0) is 19.3 Å². The van der Waals surface area contributed by atoms with Crippen molar-refractivity contribution in [1.82, 2.24) is 5.48 Å². The number of unbranched alkanes of at least 4 members (excludes halogenated alkanes) is 11. The standard InChI is InChI=1S/C24H53N2O2/c1-5-6-7-15-19-24(27)20-16-13-11-9-8-10-12-14-17-23-28-25-21-18-22-26(2,3)4/h24-25,27H,5-23H2,1-4H3/q+1. The molecule has 0 heterocycles. The number of rotatable bonds is 22. The number of aliphatic hydroxyl groups is 1. The lowest BCUT2D eigenvalue weighted by molar-refractivity contribution is -0.870. The van der Waals surface area contributed by atoms with Crippen LogP contribution in [0.15, 0.2) is 0 Å². The van der Waals surface area contributed by atoms with Crippen LogP contribution in [0.2, 0.25) is 0 Å². The van der Waals surface area contributed by atoms with Gasteiger partial charge in [-0.1, -0.05) is 84.0 Å². The Bertz CT molecular complexity index is 305. The van der Waals surface area contributed by atoms with Crippen LogP contribution in [0.3, 0.4) is 0 Å². The molecule has 2 N–H and O–H groups in total. The van der Waals surface area contributed by atoms with Crippen LogP contribution < -0.4 is 5.48 Å². The number of nitrogens with one attached hydrogen (secondary N) is 1. The number of nitrogens with zero attached hydrogens (tertiary/aromatic N) is 1. The van der Waals surface area contributed by atoms with E-state index in [1.807, 2.05) is 0 Å². The van der Waals surface area contributed by atoms with E-state index in [2.05, 4.69) is 33.5 Å². The first kappa shape index (κ1) is 27.8. The lowest BCUT2D eigenvalue weighted by Crippen LogP contribution is -2.36. The number of quaternary nitrogens is 1. The molecule has 0 aliphatic rings. The molecule has 0 aliphatic carbocycles. The first-order valence-electron chi connectivity index (χ1n) is 12.3. The third-order valence-electron chi connectivity index (χ3n) is 5.38. The highest BCUT2D eigenvalue weighted by molar-refractivity contribution is 4.57. The highest BCUT2D eigenvalue weighted by Gasteiger charge is 2.05. The smallest absolute Gasteiger partial charge is 0.0793 e. The zero-order valence-electron chi connectivity index (χ0n) is 19.8. The van der Waals surface area contributed by atoms with Crippen LogP contribution in [-0.2, 0) is 4.84 Å². The molecule has 0 amide bonds. The fourth-order valence-corrected chi connectivity index (χ4v) is 3.51. The summed E-state index contributed by atoms with van der Waals surface area (Å²) in [6, 6.07) is 0. The van der Waals surface area contributed by atoms with Crippen LogP contribution in [0.4, 0.5) is 0 Å². The van der Waals surface area contributed by atoms with Crippen LogP contribution in [0.25, 0.3) is 0 Å². The van der Waals surface area contributed by atoms with Crippen molar-refractivity contribution in [2.24, 2.45) is 0 Å². The molecule has 0 fully saturated rings. The van der Waals surface area contributed by atoms with Gasteiger partial charge < -0.3 is 14.4 Å². The molecule has 28 heavy (non-hydrogen) atoms. The SMILES string of the molecule is CCCCCCC(O)CCCCCCCCCCCONCCC[N+](C)(C)C. The van der Waals surface area contributed by atoms with E-state index in [0.717, 1.165) is 36.9 Å². The molecular weight excluding hydrogens is 348 g/mol. The van der Waals surface area contributed by atoms with Gasteiger partial charge in [-0.2, -0.15) is 0 Å². The number of hydrogen-bond acceptors (Lipinski definition) is 3. The molecule has 0 aromatic rings. The summed E-state index contributed by atoms with van der Waals surface area (Å²) in [6.45, 7) is 5.20. The zero-order chi connectivity index (χ0) is 20.9. The summed E-state index contributed by atoms with van der Waals surface area (Å²) in [5.41, 5.74) is 3.09. The normalized spacial score (nSPS) is 13.2. The molecule has 0 aromatic heterocycles. The maximum absolute atomic E-state index is 9.97. The molecule has 1 unspecified atom stereocenters. The second-order valence-electron chi connectivity index (χ2n) is 9.58. The van der Waals surface area contributed by atoms with E-state index in [0.29, 0.717) is 0 Å². The van der Waals surface area contributed by atoms with Crippen LogP contribution in [0.5, 0.6) is 0 Å². The minimum absolute atomic E-state index is 0.0498. The number of hydrogen-bond donors (Lipinski definition) is 2. The largest absolute Gasteiger partial charge is 0.393 e. The monoisotopic (exact) mass is 401 g/mol. The fraction of sp³-hybridized carbons (Fsp3) is 1.00. The van der Waals surface area contributed by atoms with Crippen molar-refractivity contribution in [2.45, 2.75) is 116 Å². The fourth-order valence-electron chi connectivity index (χ4n) is 3.51. The van der Waals surface area contributed by atoms with Crippen molar-refractivity contribution in [3.05, 3.63) is 0 Å². The maximum Gasteiger partial charge on any atom is 0.0793 e. The number of hydroxylamine groups is 1. The summed E-state index contributed by atoms with van der Waals surface area (Å²) in [5.74, 6) is 0. The Hall–Kier alpha value is -0.160. The third kappa shape index (κ3) is 23.9. The van der Waals surface area contributed by atoms with Gasteiger partial charge in [-0.15, -0.1) is 0 Å². The summed E-state index contributed by atoms with van der Waals surface area (Å²) in [6.07, 6.45) is 19.9. The molecule has 1 atom stereocenters. The minimum atomic E-state index is -0.0498. The first-order chi connectivity index (χ1) is 13.5. The van der Waals surface area contributed by atoms with Crippen LogP contribution in [0.1, 0.15) is 110 Å².